The maximum absolute atomic E-state index is 6.04. The summed E-state index contributed by atoms with van der Waals surface area (Å²) in [5, 5.41) is 16.9. The lowest BCUT2D eigenvalue weighted by molar-refractivity contribution is 0.264. The van der Waals surface area contributed by atoms with Crippen molar-refractivity contribution in [2.45, 2.75) is 26.5 Å². The third-order valence-corrected chi connectivity index (χ3v) is 5.99. The van der Waals surface area contributed by atoms with Crippen LogP contribution in [0.4, 0.5) is 5.69 Å². The lowest BCUT2D eigenvalue weighted by Crippen LogP contribution is -2.31. The predicted octanol–water partition coefficient (Wildman–Crippen LogP) is 3.63. The molecule has 1 aliphatic rings. The highest BCUT2D eigenvalue weighted by atomic mass is 16.5. The molecule has 0 saturated carbocycles. The van der Waals surface area contributed by atoms with E-state index in [1.165, 1.54) is 11.3 Å². The van der Waals surface area contributed by atoms with Crippen molar-refractivity contribution in [2.75, 3.05) is 18.6 Å². The molecule has 1 aliphatic heterocycles. The van der Waals surface area contributed by atoms with Crippen molar-refractivity contribution in [3.05, 3.63) is 77.3 Å². The van der Waals surface area contributed by atoms with Gasteiger partial charge in [0.2, 0.25) is 5.82 Å². The fourth-order valence-corrected chi connectivity index (χ4v) is 4.22. The fourth-order valence-electron chi connectivity index (χ4n) is 4.22. The Labute approximate surface area is 201 Å². The number of para-hydroxylation sites is 1. The lowest BCUT2D eigenvalue weighted by atomic mass is 10.0. The van der Waals surface area contributed by atoms with Crippen LogP contribution >= 0.6 is 0 Å². The second-order valence-electron chi connectivity index (χ2n) is 8.34. The summed E-state index contributed by atoms with van der Waals surface area (Å²) >= 11 is 0. The van der Waals surface area contributed by atoms with Gasteiger partial charge < -0.3 is 18.9 Å². The van der Waals surface area contributed by atoms with Crippen molar-refractivity contribution in [3.63, 3.8) is 0 Å². The van der Waals surface area contributed by atoms with Gasteiger partial charge in [-0.15, -0.1) is 15.3 Å². The molecule has 0 radical (unpaired) electrons. The highest BCUT2D eigenvalue weighted by molar-refractivity contribution is 5.57. The number of aromatic nitrogens is 6. The number of anilines is 1. The van der Waals surface area contributed by atoms with Gasteiger partial charge in [-0.05, 0) is 30.7 Å². The second-order valence-corrected chi connectivity index (χ2v) is 8.34. The average Bonchev–Trinajstić information content (AvgIpc) is 3.52. The molecule has 4 aromatic heterocycles. The van der Waals surface area contributed by atoms with E-state index in [0.717, 1.165) is 30.9 Å². The van der Waals surface area contributed by atoms with Crippen molar-refractivity contribution in [1.82, 2.24) is 30.0 Å². The van der Waals surface area contributed by atoms with E-state index in [1.54, 1.807) is 23.8 Å². The van der Waals surface area contributed by atoms with Crippen LogP contribution in [-0.2, 0) is 19.6 Å². The van der Waals surface area contributed by atoms with E-state index in [-0.39, 0.29) is 6.61 Å². The molecule has 35 heavy (non-hydrogen) atoms. The highest BCUT2D eigenvalue weighted by Crippen LogP contribution is 2.29. The maximum atomic E-state index is 6.04. The third kappa shape index (κ3) is 4.03. The van der Waals surface area contributed by atoms with Crippen LogP contribution in [0.25, 0.3) is 17.2 Å². The molecular formula is C25H23N7O3. The highest BCUT2D eigenvalue weighted by Gasteiger charge is 2.20. The zero-order chi connectivity index (χ0) is 23.8. The Bertz CT molecular complexity index is 1500. The molecule has 0 spiro atoms. The summed E-state index contributed by atoms with van der Waals surface area (Å²) in [5.41, 5.74) is 5.46. The Hall–Kier alpha value is -4.47. The van der Waals surface area contributed by atoms with Crippen molar-refractivity contribution in [3.8, 4) is 23.1 Å². The number of hydrogen-bond acceptors (Lipinski definition) is 9. The van der Waals surface area contributed by atoms with Gasteiger partial charge in [0.15, 0.2) is 17.1 Å². The SMILES string of the molecule is COc1cc2nnc(-c3cc(C)on3)n2nc1OCc1ccc2c(n1)CCN(c1ccccc1)C2. The molecule has 0 aliphatic carbocycles. The predicted molar refractivity (Wildman–Crippen MR) is 127 cm³/mol. The largest absolute Gasteiger partial charge is 0.491 e. The van der Waals surface area contributed by atoms with Gasteiger partial charge in [-0.1, -0.05) is 29.4 Å². The molecule has 5 aromatic rings. The number of hydrogen-bond donors (Lipinski definition) is 0. The normalized spacial score (nSPS) is 13.1. The molecule has 10 nitrogen and oxygen atoms in total. The van der Waals surface area contributed by atoms with E-state index in [1.807, 2.05) is 19.1 Å². The molecule has 0 saturated heterocycles. The van der Waals surface area contributed by atoms with E-state index in [9.17, 15) is 0 Å². The molecule has 10 heteroatoms. The summed E-state index contributed by atoms with van der Waals surface area (Å²) in [4.78, 5) is 7.23. The molecule has 5 heterocycles. The van der Waals surface area contributed by atoms with Gasteiger partial charge in [0, 0.05) is 43.0 Å². The lowest BCUT2D eigenvalue weighted by Gasteiger charge is -2.30. The van der Waals surface area contributed by atoms with Crippen LogP contribution < -0.4 is 14.4 Å². The standard InChI is InChI=1S/C25H23N7O3/c1-16-12-21(30-35-16)24-28-27-23-13-22(33-2)25(29-32(23)24)34-15-18-9-8-17-14-31(11-10-20(17)26-18)19-6-4-3-5-7-19/h3-9,12-13H,10-11,14-15H2,1-2H3. The Kier molecular flexibility index (Phi) is 5.25. The van der Waals surface area contributed by atoms with Gasteiger partial charge in [0.25, 0.3) is 5.88 Å². The first-order valence-electron chi connectivity index (χ1n) is 11.3. The Morgan fingerprint density at radius 3 is 2.74 bits per heavy atom. The quantitative estimate of drug-likeness (QED) is 0.369. The number of aryl methyl sites for hydroxylation is 1. The van der Waals surface area contributed by atoms with E-state index >= 15 is 0 Å². The molecular weight excluding hydrogens is 446 g/mol. The molecule has 1 aromatic carbocycles. The van der Waals surface area contributed by atoms with E-state index in [4.69, 9.17) is 19.0 Å². The van der Waals surface area contributed by atoms with E-state index < -0.39 is 0 Å². The van der Waals surface area contributed by atoms with Gasteiger partial charge in [0.1, 0.15) is 12.4 Å². The summed E-state index contributed by atoms with van der Waals surface area (Å²) in [5.74, 6) is 1.91. The molecule has 0 unspecified atom stereocenters. The summed E-state index contributed by atoms with van der Waals surface area (Å²) < 4.78 is 18.2. The molecule has 176 valence electrons. The zero-order valence-electron chi connectivity index (χ0n) is 19.4. The van der Waals surface area contributed by atoms with Crippen molar-refractivity contribution in [1.29, 1.82) is 0 Å². The summed E-state index contributed by atoms with van der Waals surface area (Å²) in [6, 6.07) is 18.1. The number of methoxy groups -OCH3 is 1. The molecule has 0 amide bonds. The van der Waals surface area contributed by atoms with E-state index in [0.29, 0.717) is 34.6 Å². The zero-order valence-corrected chi connectivity index (χ0v) is 19.4. The molecule has 6 rings (SSSR count). The Balaban J connectivity index is 1.22. The molecule has 0 N–H and O–H groups in total. The summed E-state index contributed by atoms with van der Waals surface area (Å²) in [6.45, 7) is 3.84. The number of nitrogens with zero attached hydrogens (tertiary/aromatic N) is 7. The van der Waals surface area contributed by atoms with Gasteiger partial charge in [-0.2, -0.15) is 4.52 Å². The van der Waals surface area contributed by atoms with Gasteiger partial charge in [-0.3, -0.25) is 4.98 Å². The Morgan fingerprint density at radius 1 is 1.06 bits per heavy atom. The maximum Gasteiger partial charge on any atom is 0.275 e. The summed E-state index contributed by atoms with van der Waals surface area (Å²) in [6.07, 6.45) is 0.882. The second kappa shape index (κ2) is 8.71. The van der Waals surface area contributed by atoms with Crippen molar-refractivity contribution < 1.29 is 14.0 Å². The van der Waals surface area contributed by atoms with Crippen LogP contribution in [-0.4, -0.2) is 43.6 Å². The van der Waals surface area contributed by atoms with Crippen LogP contribution in [0.15, 0.2) is 59.1 Å². The van der Waals surface area contributed by atoms with Crippen LogP contribution in [0.1, 0.15) is 22.7 Å². The minimum Gasteiger partial charge on any atom is -0.491 e. The number of fused-ring (bicyclic) bond motifs is 2. The number of pyridine rings is 1. The third-order valence-electron chi connectivity index (χ3n) is 5.99. The van der Waals surface area contributed by atoms with Crippen LogP contribution in [0.2, 0.25) is 0 Å². The minimum atomic E-state index is 0.255. The van der Waals surface area contributed by atoms with E-state index in [2.05, 4.69) is 55.7 Å². The Morgan fingerprint density at radius 2 is 1.94 bits per heavy atom. The fraction of sp³-hybridized carbons (Fsp3) is 0.240. The first kappa shape index (κ1) is 21.1. The van der Waals surface area contributed by atoms with Crippen LogP contribution in [0.3, 0.4) is 0 Å². The van der Waals surface area contributed by atoms with Gasteiger partial charge >= 0.3 is 0 Å². The van der Waals surface area contributed by atoms with Crippen LogP contribution in [0.5, 0.6) is 11.6 Å². The van der Waals surface area contributed by atoms with Crippen LogP contribution in [0, 0.1) is 6.92 Å². The van der Waals surface area contributed by atoms with Crippen molar-refractivity contribution >= 4 is 11.3 Å². The average molecular weight is 470 g/mol. The number of ether oxygens (including phenoxy) is 2. The summed E-state index contributed by atoms with van der Waals surface area (Å²) in [7, 11) is 1.56. The van der Waals surface area contributed by atoms with Crippen molar-refractivity contribution in [2.24, 2.45) is 0 Å². The monoisotopic (exact) mass is 469 g/mol. The smallest absolute Gasteiger partial charge is 0.275 e. The van der Waals surface area contributed by atoms with Gasteiger partial charge in [0.05, 0.1) is 12.8 Å². The number of benzene rings is 1. The minimum absolute atomic E-state index is 0.255. The molecule has 0 atom stereocenters. The molecule has 0 bridgehead atoms. The first-order chi connectivity index (χ1) is 17.2. The topological polar surface area (TPSA) is 104 Å². The van der Waals surface area contributed by atoms with Gasteiger partial charge in [-0.25, -0.2) is 0 Å². The molecule has 0 fully saturated rings. The number of rotatable bonds is 6. The first-order valence-corrected chi connectivity index (χ1v) is 11.3.